The Morgan fingerprint density at radius 2 is 1.14 bits per heavy atom. The minimum Gasteiger partial charge on any atom is -0.506 e. The number of halogens is 2. The molecule has 3 aliphatic rings. The van der Waals surface area contributed by atoms with Crippen LogP contribution in [0.5, 0.6) is 11.5 Å². The highest BCUT2D eigenvalue weighted by Gasteiger charge is 2.38. The lowest BCUT2D eigenvalue weighted by Crippen LogP contribution is -2.50. The van der Waals surface area contributed by atoms with Gasteiger partial charge >= 0.3 is 11.9 Å². The third-order valence-corrected chi connectivity index (χ3v) is 8.93. The van der Waals surface area contributed by atoms with Crippen molar-refractivity contribution in [2.24, 2.45) is 0 Å². The van der Waals surface area contributed by atoms with Crippen molar-refractivity contribution in [2.75, 3.05) is 36.0 Å². The van der Waals surface area contributed by atoms with Crippen molar-refractivity contribution >= 4 is 57.0 Å². The number of phenolic OH excluding ortho intramolecular Hbond substituents is 2. The number of carboxylic acids is 2. The van der Waals surface area contributed by atoms with Crippen LogP contribution < -0.4 is 20.7 Å². The van der Waals surface area contributed by atoms with Crippen LogP contribution in [-0.4, -0.2) is 67.7 Å². The molecule has 3 heterocycles. The Morgan fingerprint density at radius 3 is 1.57 bits per heavy atom. The second kappa shape index (κ2) is 9.88. The molecular weight excluding hydrogens is 599 g/mol. The Morgan fingerprint density at radius 1 is 0.705 bits per heavy atom. The van der Waals surface area contributed by atoms with E-state index in [1.165, 1.54) is 12.1 Å². The molecule has 0 atom stereocenters. The Labute approximate surface area is 252 Å². The van der Waals surface area contributed by atoms with E-state index in [2.05, 4.69) is 0 Å². The molecule has 14 heteroatoms. The number of pyridine rings is 2. The maximum Gasteiger partial charge on any atom is 0.343 e. The molecule has 7 rings (SSSR count). The lowest BCUT2D eigenvalue weighted by atomic mass is 10.1. The first kappa shape index (κ1) is 28.0. The molecule has 12 nitrogen and oxygen atoms in total. The van der Waals surface area contributed by atoms with Gasteiger partial charge in [-0.15, -0.1) is 0 Å². The van der Waals surface area contributed by atoms with Gasteiger partial charge in [0, 0.05) is 49.7 Å². The molecule has 2 saturated carbocycles. The summed E-state index contributed by atoms with van der Waals surface area (Å²) in [7, 11) is 0. The number of aromatic carboxylic acids is 2. The van der Waals surface area contributed by atoms with Gasteiger partial charge in [-0.25, -0.2) is 14.0 Å². The van der Waals surface area contributed by atoms with E-state index in [1.54, 1.807) is 18.9 Å². The second-order valence-corrected chi connectivity index (χ2v) is 11.9. The van der Waals surface area contributed by atoms with Crippen LogP contribution in [0.4, 0.5) is 16.0 Å². The van der Waals surface area contributed by atoms with Crippen molar-refractivity contribution in [2.45, 2.75) is 37.8 Å². The highest BCUT2D eigenvalue weighted by atomic mass is 35.5. The second-order valence-electron chi connectivity index (χ2n) is 11.5. The predicted octanol–water partition coefficient (Wildman–Crippen LogP) is 3.91. The van der Waals surface area contributed by atoms with E-state index in [1.807, 2.05) is 0 Å². The van der Waals surface area contributed by atoms with Crippen molar-refractivity contribution in [1.82, 2.24) is 9.13 Å². The van der Waals surface area contributed by atoms with Gasteiger partial charge < -0.3 is 39.4 Å². The standard InChI is InChI=1S/C30H26ClFN4O8/c31-17-11-19-16(10-21(17)37)26(40)24(30(43)44)27(35(19)13-1-2-13)33-5-7-34(8-6-33)28-23(29(41)42)25(39)15-9-18(32)22(38)12-20(15)36(28)14-3-4-14/h9-14,37-38H,1-8H2,(H,41,42)(H,43,44). The Bertz CT molecular complexity index is 1910. The van der Waals surface area contributed by atoms with Crippen LogP contribution in [0.2, 0.25) is 5.02 Å². The van der Waals surface area contributed by atoms with Gasteiger partial charge in [-0.3, -0.25) is 9.59 Å². The number of benzene rings is 2. The van der Waals surface area contributed by atoms with Crippen molar-refractivity contribution in [3.05, 3.63) is 66.7 Å². The molecule has 0 unspecified atom stereocenters. The predicted molar refractivity (Wildman–Crippen MR) is 160 cm³/mol. The molecule has 0 amide bonds. The van der Waals surface area contributed by atoms with Crippen LogP contribution >= 0.6 is 11.6 Å². The summed E-state index contributed by atoms with van der Waals surface area (Å²) in [5, 5.41) is 40.6. The molecule has 3 fully saturated rings. The van der Waals surface area contributed by atoms with E-state index in [-0.39, 0.29) is 77.0 Å². The van der Waals surface area contributed by atoms with E-state index in [4.69, 9.17) is 11.6 Å². The van der Waals surface area contributed by atoms with Crippen LogP contribution in [0, 0.1) is 5.82 Å². The van der Waals surface area contributed by atoms with Crippen LogP contribution in [0.3, 0.4) is 0 Å². The fraction of sp³-hybridized carbons (Fsp3) is 0.333. The van der Waals surface area contributed by atoms with Gasteiger partial charge in [0.05, 0.1) is 21.4 Å². The average molecular weight is 625 g/mol. The number of piperazine rings is 1. The van der Waals surface area contributed by atoms with Gasteiger partial charge in [0.2, 0.25) is 10.9 Å². The Hall–Kier alpha value is -4.78. The maximum absolute atomic E-state index is 14.3. The van der Waals surface area contributed by atoms with Crippen molar-refractivity contribution < 1.29 is 34.4 Å². The number of fused-ring (bicyclic) bond motifs is 2. The summed E-state index contributed by atoms with van der Waals surface area (Å²) < 4.78 is 17.7. The monoisotopic (exact) mass is 624 g/mol. The number of hydrogen-bond donors (Lipinski definition) is 4. The van der Waals surface area contributed by atoms with Crippen molar-refractivity contribution in [3.63, 3.8) is 0 Å². The molecule has 0 spiro atoms. The smallest absolute Gasteiger partial charge is 0.343 e. The number of carbonyl (C=O) groups is 2. The topological polar surface area (TPSA) is 166 Å². The summed E-state index contributed by atoms with van der Waals surface area (Å²) in [4.78, 5) is 55.5. The largest absolute Gasteiger partial charge is 0.506 e. The fourth-order valence-electron chi connectivity index (χ4n) is 6.35. The molecule has 228 valence electrons. The number of aromatic nitrogens is 2. The van der Waals surface area contributed by atoms with Crippen molar-refractivity contribution in [3.8, 4) is 11.5 Å². The number of aromatic hydroxyl groups is 2. The Balaban J connectivity index is 1.36. The molecule has 2 aliphatic carbocycles. The summed E-state index contributed by atoms with van der Waals surface area (Å²) >= 11 is 6.21. The zero-order chi connectivity index (χ0) is 31.2. The fourth-order valence-corrected chi connectivity index (χ4v) is 6.51. The summed E-state index contributed by atoms with van der Waals surface area (Å²) in [6.07, 6.45) is 2.91. The highest BCUT2D eigenvalue weighted by molar-refractivity contribution is 6.32. The molecule has 1 saturated heterocycles. The highest BCUT2D eigenvalue weighted by Crippen LogP contribution is 2.45. The van der Waals surface area contributed by atoms with Crippen LogP contribution in [0.25, 0.3) is 21.8 Å². The van der Waals surface area contributed by atoms with Gasteiger partial charge in [0.25, 0.3) is 0 Å². The normalized spacial score (nSPS) is 17.0. The van der Waals surface area contributed by atoms with E-state index < -0.39 is 45.5 Å². The zero-order valence-corrected chi connectivity index (χ0v) is 23.8. The number of hydrogen-bond acceptors (Lipinski definition) is 8. The molecule has 44 heavy (non-hydrogen) atoms. The molecule has 0 radical (unpaired) electrons. The van der Waals surface area contributed by atoms with Crippen LogP contribution in [0.1, 0.15) is 58.5 Å². The zero-order valence-electron chi connectivity index (χ0n) is 23.1. The molecule has 4 aromatic rings. The molecule has 4 N–H and O–H groups in total. The first-order valence-electron chi connectivity index (χ1n) is 14.2. The molecule has 2 aromatic heterocycles. The summed E-state index contributed by atoms with van der Waals surface area (Å²) in [5.74, 6) is -4.57. The lowest BCUT2D eigenvalue weighted by molar-refractivity contribution is 0.0684. The van der Waals surface area contributed by atoms with E-state index in [0.29, 0.717) is 18.4 Å². The van der Waals surface area contributed by atoms with E-state index in [9.17, 15) is 44.0 Å². The summed E-state index contributed by atoms with van der Waals surface area (Å²) in [6, 6.07) is 4.39. The summed E-state index contributed by atoms with van der Waals surface area (Å²) in [6.45, 7) is 0.678. The first-order chi connectivity index (χ1) is 21.0. The molecular formula is C30H26ClFN4O8. The average Bonchev–Trinajstić information content (AvgIpc) is 3.89. The first-order valence-corrected chi connectivity index (χ1v) is 14.5. The summed E-state index contributed by atoms with van der Waals surface area (Å²) in [5.41, 5.74) is -1.95. The molecule has 2 aromatic carbocycles. The van der Waals surface area contributed by atoms with E-state index >= 15 is 0 Å². The lowest BCUT2D eigenvalue weighted by Gasteiger charge is -2.40. The third-order valence-electron chi connectivity index (χ3n) is 8.63. The number of nitrogens with zero attached hydrogens (tertiary/aromatic N) is 4. The Kier molecular flexibility index (Phi) is 6.29. The number of rotatable bonds is 6. The molecule has 0 bridgehead atoms. The van der Waals surface area contributed by atoms with Crippen LogP contribution in [0.15, 0.2) is 33.9 Å². The van der Waals surface area contributed by atoms with Gasteiger partial charge in [-0.2, -0.15) is 0 Å². The van der Waals surface area contributed by atoms with Gasteiger partial charge in [0.1, 0.15) is 28.5 Å². The third kappa shape index (κ3) is 4.25. The number of carboxylic acid groups (broad SMARTS) is 2. The minimum absolute atomic E-state index is 0.0200. The van der Waals surface area contributed by atoms with Crippen molar-refractivity contribution in [1.29, 1.82) is 0 Å². The maximum atomic E-state index is 14.3. The number of phenols is 2. The van der Waals surface area contributed by atoms with Crippen LogP contribution in [-0.2, 0) is 0 Å². The van der Waals surface area contributed by atoms with Gasteiger partial charge in [0.15, 0.2) is 11.6 Å². The molecule has 1 aliphatic heterocycles. The minimum atomic E-state index is -1.47. The van der Waals surface area contributed by atoms with Gasteiger partial charge in [-0.05, 0) is 43.9 Å². The van der Waals surface area contributed by atoms with Gasteiger partial charge in [-0.1, -0.05) is 11.6 Å². The van der Waals surface area contributed by atoms with E-state index in [0.717, 1.165) is 25.0 Å². The SMILES string of the molecule is O=C(O)c1c(N2CCN(c3c(C(=O)O)c(=O)c4cc(O)c(Cl)cc4n3C3CC3)CC2)n(C2CC2)c2cc(O)c(F)cc2c1=O. The number of anilines is 2. The quantitative estimate of drug-likeness (QED) is 0.247.